The minimum Gasteiger partial charge on any atom is -0.334 e. The maximum atomic E-state index is 5.66. The summed E-state index contributed by atoms with van der Waals surface area (Å²) in [7, 11) is 0. The zero-order chi connectivity index (χ0) is 13.8. The van der Waals surface area contributed by atoms with Gasteiger partial charge in [0.05, 0.1) is 0 Å². The average molecular weight is 271 g/mol. The van der Waals surface area contributed by atoms with E-state index in [1.807, 2.05) is 18.2 Å². The molecule has 4 heteroatoms. The van der Waals surface area contributed by atoms with Crippen LogP contribution in [-0.2, 0) is 6.42 Å². The van der Waals surface area contributed by atoms with Crippen molar-refractivity contribution in [1.29, 1.82) is 0 Å². The third kappa shape index (κ3) is 2.75. The molecule has 106 valence electrons. The van der Waals surface area contributed by atoms with Gasteiger partial charge >= 0.3 is 0 Å². The van der Waals surface area contributed by atoms with E-state index in [1.165, 1.54) is 37.7 Å². The van der Waals surface area contributed by atoms with E-state index in [-0.39, 0.29) is 0 Å². The number of hydrogen-bond donors (Lipinski definition) is 1. The standard InChI is InChI=1S/C16H21N3O/c17-11-10-12-6-4-5-9-14(12)16-18-15(19-20-16)13-7-2-1-3-8-13/h4-6,9,13H,1-3,7-8,10-11,17H2. The molecule has 2 N–H and O–H groups in total. The number of rotatable bonds is 4. The first-order valence-electron chi connectivity index (χ1n) is 7.50. The lowest BCUT2D eigenvalue weighted by Crippen LogP contribution is -2.06. The maximum Gasteiger partial charge on any atom is 0.258 e. The second-order valence-corrected chi connectivity index (χ2v) is 5.49. The number of nitrogens with two attached hydrogens (primary N) is 1. The average Bonchev–Trinajstić information content (AvgIpc) is 2.99. The van der Waals surface area contributed by atoms with Crippen LogP contribution in [0.2, 0.25) is 0 Å². The van der Waals surface area contributed by atoms with Crippen LogP contribution in [0.15, 0.2) is 28.8 Å². The summed E-state index contributed by atoms with van der Waals surface area (Å²) in [5.74, 6) is 1.99. The number of hydrogen-bond acceptors (Lipinski definition) is 4. The minimum absolute atomic E-state index is 0.475. The fourth-order valence-electron chi connectivity index (χ4n) is 2.97. The Labute approximate surface area is 119 Å². The molecular weight excluding hydrogens is 250 g/mol. The van der Waals surface area contributed by atoms with E-state index in [4.69, 9.17) is 10.3 Å². The Morgan fingerprint density at radius 2 is 1.95 bits per heavy atom. The first-order valence-corrected chi connectivity index (χ1v) is 7.50. The van der Waals surface area contributed by atoms with Crippen molar-refractivity contribution in [2.75, 3.05) is 6.54 Å². The highest BCUT2D eigenvalue weighted by atomic mass is 16.5. The van der Waals surface area contributed by atoms with Crippen molar-refractivity contribution in [2.24, 2.45) is 5.73 Å². The van der Waals surface area contributed by atoms with Gasteiger partial charge in [0.15, 0.2) is 5.82 Å². The van der Waals surface area contributed by atoms with Gasteiger partial charge in [-0.25, -0.2) is 0 Å². The molecule has 0 amide bonds. The summed E-state index contributed by atoms with van der Waals surface area (Å²) in [6.45, 7) is 0.626. The zero-order valence-corrected chi connectivity index (χ0v) is 11.7. The van der Waals surface area contributed by atoms with Crippen LogP contribution in [0.4, 0.5) is 0 Å². The number of aromatic nitrogens is 2. The van der Waals surface area contributed by atoms with Gasteiger partial charge in [0, 0.05) is 11.5 Å². The molecule has 1 heterocycles. The molecule has 1 aliphatic rings. The van der Waals surface area contributed by atoms with Crippen molar-refractivity contribution in [3.05, 3.63) is 35.7 Å². The first-order chi connectivity index (χ1) is 9.88. The van der Waals surface area contributed by atoms with Crippen molar-refractivity contribution >= 4 is 0 Å². The minimum atomic E-state index is 0.475. The van der Waals surface area contributed by atoms with E-state index in [9.17, 15) is 0 Å². The van der Waals surface area contributed by atoms with Gasteiger partial charge in [0.2, 0.25) is 0 Å². The Morgan fingerprint density at radius 1 is 1.15 bits per heavy atom. The predicted molar refractivity (Wildman–Crippen MR) is 78.3 cm³/mol. The first kappa shape index (κ1) is 13.3. The monoisotopic (exact) mass is 271 g/mol. The third-order valence-electron chi connectivity index (χ3n) is 4.07. The molecule has 0 bridgehead atoms. The molecule has 0 aliphatic heterocycles. The summed E-state index contributed by atoms with van der Waals surface area (Å²) in [5, 5.41) is 4.20. The van der Waals surface area contributed by atoms with Crippen molar-refractivity contribution in [3.8, 4) is 11.5 Å². The molecular formula is C16H21N3O. The van der Waals surface area contributed by atoms with Gasteiger partial charge < -0.3 is 10.3 Å². The normalized spacial score (nSPS) is 16.4. The van der Waals surface area contributed by atoms with E-state index in [1.54, 1.807) is 0 Å². The molecule has 1 aromatic heterocycles. The second kappa shape index (κ2) is 6.18. The summed E-state index contributed by atoms with van der Waals surface area (Å²) in [5.41, 5.74) is 7.86. The van der Waals surface area contributed by atoms with E-state index in [0.29, 0.717) is 18.4 Å². The fraction of sp³-hybridized carbons (Fsp3) is 0.500. The van der Waals surface area contributed by atoms with Crippen LogP contribution in [0.3, 0.4) is 0 Å². The molecule has 2 aromatic rings. The third-order valence-corrected chi connectivity index (χ3v) is 4.07. The zero-order valence-electron chi connectivity index (χ0n) is 11.7. The molecule has 0 saturated heterocycles. The van der Waals surface area contributed by atoms with Gasteiger partial charge in [0.1, 0.15) is 0 Å². The van der Waals surface area contributed by atoms with Crippen LogP contribution < -0.4 is 5.73 Å². The molecule has 1 fully saturated rings. The van der Waals surface area contributed by atoms with Crippen LogP contribution in [0.1, 0.15) is 49.4 Å². The van der Waals surface area contributed by atoms with Crippen LogP contribution in [0, 0.1) is 0 Å². The molecule has 4 nitrogen and oxygen atoms in total. The fourth-order valence-corrected chi connectivity index (χ4v) is 2.97. The van der Waals surface area contributed by atoms with Crippen molar-refractivity contribution < 1.29 is 4.52 Å². The Morgan fingerprint density at radius 3 is 2.75 bits per heavy atom. The van der Waals surface area contributed by atoms with Crippen molar-refractivity contribution in [2.45, 2.75) is 44.4 Å². The highest BCUT2D eigenvalue weighted by molar-refractivity contribution is 5.58. The molecule has 1 saturated carbocycles. The summed E-state index contributed by atoms with van der Waals surface area (Å²) in [4.78, 5) is 4.63. The van der Waals surface area contributed by atoms with Crippen molar-refractivity contribution in [1.82, 2.24) is 10.1 Å². The predicted octanol–water partition coefficient (Wildman–Crippen LogP) is 3.29. The van der Waals surface area contributed by atoms with Crippen LogP contribution >= 0.6 is 0 Å². The van der Waals surface area contributed by atoms with Gasteiger partial charge in [-0.1, -0.05) is 42.6 Å². The SMILES string of the molecule is NCCc1ccccc1-c1nc(C2CCCCC2)no1. The summed E-state index contributed by atoms with van der Waals surface area (Å²) in [6.07, 6.45) is 7.08. The highest BCUT2D eigenvalue weighted by Crippen LogP contribution is 2.32. The van der Waals surface area contributed by atoms with E-state index in [0.717, 1.165) is 17.8 Å². The van der Waals surface area contributed by atoms with Crippen molar-refractivity contribution in [3.63, 3.8) is 0 Å². The Hall–Kier alpha value is -1.68. The lowest BCUT2D eigenvalue weighted by atomic mass is 9.89. The summed E-state index contributed by atoms with van der Waals surface area (Å²) >= 11 is 0. The molecule has 1 aliphatic carbocycles. The second-order valence-electron chi connectivity index (χ2n) is 5.49. The quantitative estimate of drug-likeness (QED) is 0.926. The molecule has 3 rings (SSSR count). The van der Waals surface area contributed by atoms with Gasteiger partial charge in [0.25, 0.3) is 5.89 Å². The Kier molecular flexibility index (Phi) is 4.11. The van der Waals surface area contributed by atoms with Crippen LogP contribution in [0.5, 0.6) is 0 Å². The number of nitrogens with zero attached hydrogens (tertiary/aromatic N) is 2. The Bertz CT molecular complexity index is 558. The smallest absolute Gasteiger partial charge is 0.258 e. The largest absolute Gasteiger partial charge is 0.334 e. The topological polar surface area (TPSA) is 64.9 Å². The lowest BCUT2D eigenvalue weighted by Gasteiger charge is -2.17. The number of benzene rings is 1. The highest BCUT2D eigenvalue weighted by Gasteiger charge is 2.21. The van der Waals surface area contributed by atoms with E-state index in [2.05, 4.69) is 16.2 Å². The molecule has 0 unspecified atom stereocenters. The van der Waals surface area contributed by atoms with Gasteiger partial charge in [-0.15, -0.1) is 0 Å². The summed E-state index contributed by atoms with van der Waals surface area (Å²) < 4.78 is 5.49. The molecule has 0 radical (unpaired) electrons. The summed E-state index contributed by atoms with van der Waals surface area (Å²) in [6, 6.07) is 8.13. The van der Waals surface area contributed by atoms with Crippen LogP contribution in [0.25, 0.3) is 11.5 Å². The molecule has 0 atom stereocenters. The molecule has 0 spiro atoms. The van der Waals surface area contributed by atoms with Gasteiger partial charge in [-0.3, -0.25) is 0 Å². The van der Waals surface area contributed by atoms with E-state index < -0.39 is 0 Å². The molecule has 1 aromatic carbocycles. The van der Waals surface area contributed by atoms with Gasteiger partial charge in [-0.2, -0.15) is 4.98 Å². The lowest BCUT2D eigenvalue weighted by molar-refractivity contribution is 0.385. The van der Waals surface area contributed by atoms with Crippen LogP contribution in [-0.4, -0.2) is 16.7 Å². The maximum absolute atomic E-state index is 5.66. The Balaban J connectivity index is 1.86. The van der Waals surface area contributed by atoms with E-state index >= 15 is 0 Å². The molecule has 20 heavy (non-hydrogen) atoms. The van der Waals surface area contributed by atoms with Gasteiger partial charge in [-0.05, 0) is 37.4 Å².